The van der Waals surface area contributed by atoms with Crippen molar-refractivity contribution in [2.45, 2.75) is 20.1 Å². The standard InChI is InChI=1S/C17H17FN2O2/c1-3-20-14-7-5-4-6-13(14)19-17(20)11-22-16-10-12(18)8-9-15(16)21-2/h4-10H,3,11H2,1-2H3. The lowest BCUT2D eigenvalue weighted by atomic mass is 10.3. The summed E-state index contributed by atoms with van der Waals surface area (Å²) in [7, 11) is 1.53. The first kappa shape index (κ1) is 14.4. The van der Waals surface area contributed by atoms with Crippen LogP contribution in [0.15, 0.2) is 42.5 Å². The SMILES string of the molecule is CCn1c(COc2cc(F)ccc2OC)nc2ccccc21. The molecule has 0 saturated carbocycles. The summed E-state index contributed by atoms with van der Waals surface area (Å²) in [5.74, 6) is 1.31. The maximum atomic E-state index is 13.4. The molecule has 0 amide bonds. The lowest BCUT2D eigenvalue weighted by Gasteiger charge is -2.11. The van der Waals surface area contributed by atoms with Gasteiger partial charge in [0.1, 0.15) is 18.2 Å². The van der Waals surface area contributed by atoms with E-state index in [1.165, 1.54) is 19.2 Å². The lowest BCUT2D eigenvalue weighted by molar-refractivity contribution is 0.271. The maximum Gasteiger partial charge on any atom is 0.164 e. The van der Waals surface area contributed by atoms with Crippen LogP contribution >= 0.6 is 0 Å². The molecule has 0 bridgehead atoms. The summed E-state index contributed by atoms with van der Waals surface area (Å²) in [4.78, 5) is 4.58. The topological polar surface area (TPSA) is 36.3 Å². The van der Waals surface area contributed by atoms with Crippen LogP contribution in [-0.4, -0.2) is 16.7 Å². The minimum Gasteiger partial charge on any atom is -0.493 e. The summed E-state index contributed by atoms with van der Waals surface area (Å²) >= 11 is 0. The van der Waals surface area contributed by atoms with Gasteiger partial charge in [-0.25, -0.2) is 9.37 Å². The third kappa shape index (κ3) is 2.62. The first-order chi connectivity index (χ1) is 10.7. The Kier molecular flexibility index (Phi) is 3.96. The van der Waals surface area contributed by atoms with E-state index in [-0.39, 0.29) is 12.4 Å². The van der Waals surface area contributed by atoms with Gasteiger partial charge in [-0.05, 0) is 31.2 Å². The predicted molar refractivity (Wildman–Crippen MR) is 82.7 cm³/mol. The number of hydrogen-bond donors (Lipinski definition) is 0. The van der Waals surface area contributed by atoms with Crippen molar-refractivity contribution in [3.63, 3.8) is 0 Å². The Bertz CT molecular complexity index is 798. The number of halogens is 1. The van der Waals surface area contributed by atoms with Crippen LogP contribution in [-0.2, 0) is 13.2 Å². The van der Waals surface area contributed by atoms with Gasteiger partial charge in [0.15, 0.2) is 11.5 Å². The molecule has 0 unspecified atom stereocenters. The van der Waals surface area contributed by atoms with Gasteiger partial charge in [-0.2, -0.15) is 0 Å². The molecular weight excluding hydrogens is 283 g/mol. The van der Waals surface area contributed by atoms with Crippen molar-refractivity contribution in [3.8, 4) is 11.5 Å². The number of aryl methyl sites for hydroxylation is 1. The second-order valence-corrected chi connectivity index (χ2v) is 4.84. The van der Waals surface area contributed by atoms with Gasteiger partial charge >= 0.3 is 0 Å². The third-order valence-electron chi connectivity index (χ3n) is 3.53. The molecular formula is C17H17FN2O2. The highest BCUT2D eigenvalue weighted by Crippen LogP contribution is 2.28. The lowest BCUT2D eigenvalue weighted by Crippen LogP contribution is -2.06. The monoisotopic (exact) mass is 300 g/mol. The van der Waals surface area contributed by atoms with Crippen molar-refractivity contribution in [3.05, 3.63) is 54.1 Å². The first-order valence-corrected chi connectivity index (χ1v) is 7.13. The van der Waals surface area contributed by atoms with Crippen molar-refractivity contribution >= 4 is 11.0 Å². The zero-order valence-corrected chi connectivity index (χ0v) is 12.5. The molecule has 0 radical (unpaired) electrons. The number of ether oxygens (including phenoxy) is 2. The average molecular weight is 300 g/mol. The van der Waals surface area contributed by atoms with Gasteiger partial charge in [0.2, 0.25) is 0 Å². The fourth-order valence-corrected chi connectivity index (χ4v) is 2.49. The number of fused-ring (bicyclic) bond motifs is 1. The number of aromatic nitrogens is 2. The fraction of sp³-hybridized carbons (Fsp3) is 0.235. The number of nitrogens with zero attached hydrogens (tertiary/aromatic N) is 2. The van der Waals surface area contributed by atoms with Gasteiger partial charge in [-0.1, -0.05) is 12.1 Å². The molecule has 2 aromatic carbocycles. The van der Waals surface area contributed by atoms with Gasteiger partial charge in [0, 0.05) is 12.6 Å². The van der Waals surface area contributed by atoms with Gasteiger partial charge in [0.05, 0.1) is 18.1 Å². The Morgan fingerprint density at radius 1 is 1.14 bits per heavy atom. The van der Waals surface area contributed by atoms with Crippen molar-refractivity contribution in [2.75, 3.05) is 7.11 Å². The van der Waals surface area contributed by atoms with Crippen molar-refractivity contribution in [2.24, 2.45) is 0 Å². The van der Waals surface area contributed by atoms with Gasteiger partial charge < -0.3 is 14.0 Å². The summed E-state index contributed by atoms with van der Waals surface area (Å²) in [5.41, 5.74) is 1.99. The minimum atomic E-state index is -0.361. The molecule has 0 atom stereocenters. The summed E-state index contributed by atoms with van der Waals surface area (Å²) in [6.45, 7) is 3.10. The summed E-state index contributed by atoms with van der Waals surface area (Å²) < 4.78 is 26.4. The van der Waals surface area contributed by atoms with Gasteiger partial charge in [-0.15, -0.1) is 0 Å². The Morgan fingerprint density at radius 3 is 2.73 bits per heavy atom. The Morgan fingerprint density at radius 2 is 1.95 bits per heavy atom. The maximum absolute atomic E-state index is 13.4. The Labute approximate surface area is 128 Å². The van der Waals surface area contributed by atoms with E-state index < -0.39 is 0 Å². The van der Waals surface area contributed by atoms with Crippen LogP contribution in [0, 0.1) is 5.82 Å². The van der Waals surface area contributed by atoms with Crippen LogP contribution in [0.1, 0.15) is 12.7 Å². The number of rotatable bonds is 5. The molecule has 0 saturated heterocycles. The smallest absolute Gasteiger partial charge is 0.164 e. The summed E-state index contributed by atoms with van der Waals surface area (Å²) in [6.07, 6.45) is 0. The van der Waals surface area contributed by atoms with Crippen LogP contribution in [0.5, 0.6) is 11.5 Å². The molecule has 0 spiro atoms. The molecule has 0 aliphatic carbocycles. The van der Waals surface area contributed by atoms with E-state index in [9.17, 15) is 4.39 Å². The van der Waals surface area contributed by atoms with Crippen molar-refractivity contribution < 1.29 is 13.9 Å². The largest absolute Gasteiger partial charge is 0.493 e. The molecule has 0 fully saturated rings. The molecule has 0 N–H and O–H groups in total. The molecule has 114 valence electrons. The van der Waals surface area contributed by atoms with Crippen LogP contribution in [0.2, 0.25) is 0 Å². The predicted octanol–water partition coefficient (Wildman–Crippen LogP) is 3.78. The fourth-order valence-electron chi connectivity index (χ4n) is 2.49. The van der Waals surface area contributed by atoms with Gasteiger partial charge in [-0.3, -0.25) is 0 Å². The van der Waals surface area contributed by atoms with E-state index in [4.69, 9.17) is 9.47 Å². The molecule has 3 rings (SSSR count). The quantitative estimate of drug-likeness (QED) is 0.719. The highest BCUT2D eigenvalue weighted by molar-refractivity contribution is 5.75. The highest BCUT2D eigenvalue weighted by Gasteiger charge is 2.11. The second kappa shape index (κ2) is 6.05. The normalized spacial score (nSPS) is 10.9. The van der Waals surface area contributed by atoms with Crippen LogP contribution < -0.4 is 9.47 Å². The average Bonchev–Trinajstić information content (AvgIpc) is 2.90. The van der Waals surface area contributed by atoms with Crippen LogP contribution in [0.3, 0.4) is 0 Å². The molecule has 4 nitrogen and oxygen atoms in total. The molecule has 1 heterocycles. The molecule has 3 aromatic rings. The first-order valence-electron chi connectivity index (χ1n) is 7.13. The molecule has 1 aromatic heterocycles. The zero-order valence-electron chi connectivity index (χ0n) is 12.5. The van der Waals surface area contributed by atoms with Crippen LogP contribution in [0.4, 0.5) is 4.39 Å². The molecule has 0 aliphatic rings. The van der Waals surface area contributed by atoms with E-state index in [2.05, 4.69) is 16.5 Å². The number of imidazole rings is 1. The molecule has 0 aliphatic heterocycles. The Balaban J connectivity index is 1.89. The van der Waals surface area contributed by atoms with Crippen molar-refractivity contribution in [1.82, 2.24) is 9.55 Å². The van der Waals surface area contributed by atoms with E-state index in [0.717, 1.165) is 23.4 Å². The van der Waals surface area contributed by atoms with Crippen LogP contribution in [0.25, 0.3) is 11.0 Å². The molecule has 5 heteroatoms. The van der Waals surface area contributed by atoms with E-state index in [1.807, 2.05) is 24.3 Å². The van der Waals surface area contributed by atoms with Crippen molar-refractivity contribution in [1.29, 1.82) is 0 Å². The van der Waals surface area contributed by atoms with Gasteiger partial charge in [0.25, 0.3) is 0 Å². The number of para-hydroxylation sites is 2. The van der Waals surface area contributed by atoms with E-state index >= 15 is 0 Å². The van der Waals surface area contributed by atoms with E-state index in [1.54, 1.807) is 6.07 Å². The second-order valence-electron chi connectivity index (χ2n) is 4.84. The van der Waals surface area contributed by atoms with E-state index in [0.29, 0.717) is 11.5 Å². The summed E-state index contributed by atoms with van der Waals surface area (Å²) in [6, 6.07) is 12.1. The third-order valence-corrected chi connectivity index (χ3v) is 3.53. The summed E-state index contributed by atoms with van der Waals surface area (Å²) in [5, 5.41) is 0. The zero-order chi connectivity index (χ0) is 15.5. The number of benzene rings is 2. The number of methoxy groups -OCH3 is 1. The molecule has 22 heavy (non-hydrogen) atoms. The Hall–Kier alpha value is -2.56. The number of hydrogen-bond acceptors (Lipinski definition) is 3. The highest BCUT2D eigenvalue weighted by atomic mass is 19.1. The minimum absolute atomic E-state index is 0.252.